The van der Waals surface area contributed by atoms with Crippen LogP contribution in [0, 0.1) is 0 Å². The smallest absolute Gasteiger partial charge is 0.406 e. The molecule has 112 valence electrons. The summed E-state index contributed by atoms with van der Waals surface area (Å²) in [5, 5.41) is 7.39. The van der Waals surface area contributed by atoms with Crippen molar-refractivity contribution in [2.24, 2.45) is 0 Å². The first-order valence-corrected chi connectivity index (χ1v) is 7.26. The van der Waals surface area contributed by atoms with Crippen molar-refractivity contribution in [3.63, 3.8) is 0 Å². The van der Waals surface area contributed by atoms with Gasteiger partial charge in [0.2, 0.25) is 0 Å². The second-order valence-electron chi connectivity index (χ2n) is 5.30. The predicted octanol–water partition coefficient (Wildman–Crippen LogP) is 1.64. The Labute approximate surface area is 123 Å². The van der Waals surface area contributed by atoms with Gasteiger partial charge in [0, 0.05) is 43.5 Å². The van der Waals surface area contributed by atoms with Crippen LogP contribution in [0.4, 0.5) is 4.79 Å². The quantitative estimate of drug-likeness (QED) is 0.848. The molecule has 1 amide bonds. The molecule has 3 rings (SSSR count). The lowest BCUT2D eigenvalue weighted by Crippen LogP contribution is -2.26. The van der Waals surface area contributed by atoms with Crippen molar-refractivity contribution in [2.45, 2.75) is 32.0 Å². The molecule has 0 saturated heterocycles. The molecule has 2 heterocycles. The number of ether oxygens (including phenoxy) is 1. The first-order valence-electron chi connectivity index (χ1n) is 7.26. The summed E-state index contributed by atoms with van der Waals surface area (Å²) in [4.78, 5) is 15.5. The van der Waals surface area contributed by atoms with Crippen LogP contribution in [0.1, 0.15) is 18.4 Å². The van der Waals surface area contributed by atoms with E-state index in [1.165, 1.54) is 30.9 Å². The lowest BCUT2D eigenvalue weighted by Gasteiger charge is -2.05. The minimum Gasteiger partial charge on any atom is -0.453 e. The van der Waals surface area contributed by atoms with Crippen molar-refractivity contribution in [1.29, 1.82) is 0 Å². The molecule has 0 aromatic carbocycles. The summed E-state index contributed by atoms with van der Waals surface area (Å²) in [5.41, 5.74) is 2.21. The first-order chi connectivity index (χ1) is 10.3. The van der Waals surface area contributed by atoms with Crippen LogP contribution < -0.4 is 10.6 Å². The molecule has 2 aromatic heterocycles. The van der Waals surface area contributed by atoms with E-state index in [1.54, 1.807) is 6.20 Å². The Balaban J connectivity index is 1.72. The highest BCUT2D eigenvalue weighted by Crippen LogP contribution is 2.22. The Morgan fingerprint density at radius 1 is 1.52 bits per heavy atom. The maximum atomic E-state index is 11.1. The van der Waals surface area contributed by atoms with Gasteiger partial charge in [0.15, 0.2) is 0 Å². The number of aromatic nitrogens is 2. The summed E-state index contributed by atoms with van der Waals surface area (Å²) in [7, 11) is 1.36. The molecule has 2 aromatic rings. The summed E-state index contributed by atoms with van der Waals surface area (Å²) in [5.74, 6) is 0. The van der Waals surface area contributed by atoms with Crippen molar-refractivity contribution in [2.75, 3.05) is 13.7 Å². The largest absolute Gasteiger partial charge is 0.453 e. The molecule has 0 radical (unpaired) electrons. The molecule has 21 heavy (non-hydrogen) atoms. The van der Waals surface area contributed by atoms with Gasteiger partial charge in [-0.3, -0.25) is 0 Å². The van der Waals surface area contributed by atoms with Gasteiger partial charge in [-0.15, -0.1) is 0 Å². The zero-order chi connectivity index (χ0) is 14.7. The standard InChI is InChI=1S/C15H20N4O2/c1-21-15(20)17-7-8-19-10-11(9-18-12-4-5-12)13-3-2-6-16-14(13)19/h2-3,6,10,12,18H,4-5,7-9H2,1H3,(H,17,20). The van der Waals surface area contributed by atoms with Crippen LogP contribution in [0.25, 0.3) is 11.0 Å². The van der Waals surface area contributed by atoms with E-state index >= 15 is 0 Å². The van der Waals surface area contributed by atoms with Crippen LogP contribution in [0.3, 0.4) is 0 Å². The third-order valence-electron chi connectivity index (χ3n) is 3.68. The number of carbonyl (C=O) groups excluding carboxylic acids is 1. The summed E-state index contributed by atoms with van der Waals surface area (Å²) >= 11 is 0. The van der Waals surface area contributed by atoms with Gasteiger partial charge >= 0.3 is 6.09 Å². The summed E-state index contributed by atoms with van der Waals surface area (Å²) in [6.45, 7) is 2.05. The molecule has 1 aliphatic carbocycles. The third kappa shape index (κ3) is 3.33. The van der Waals surface area contributed by atoms with Crippen molar-refractivity contribution in [1.82, 2.24) is 20.2 Å². The van der Waals surface area contributed by atoms with E-state index in [0.717, 1.165) is 12.2 Å². The minimum atomic E-state index is -0.407. The molecule has 1 aliphatic rings. The van der Waals surface area contributed by atoms with Gasteiger partial charge in [0.25, 0.3) is 0 Å². The zero-order valence-electron chi connectivity index (χ0n) is 12.1. The van der Waals surface area contributed by atoms with E-state index in [1.807, 2.05) is 6.07 Å². The molecule has 6 nitrogen and oxygen atoms in total. The second-order valence-corrected chi connectivity index (χ2v) is 5.30. The summed E-state index contributed by atoms with van der Waals surface area (Å²) in [6, 6.07) is 4.73. The molecule has 1 saturated carbocycles. The number of fused-ring (bicyclic) bond motifs is 1. The highest BCUT2D eigenvalue weighted by atomic mass is 16.5. The molecule has 0 aliphatic heterocycles. The summed E-state index contributed by atoms with van der Waals surface area (Å²) < 4.78 is 6.65. The van der Waals surface area contributed by atoms with E-state index in [-0.39, 0.29) is 0 Å². The van der Waals surface area contributed by atoms with Crippen LogP contribution in [0.5, 0.6) is 0 Å². The van der Waals surface area contributed by atoms with Gasteiger partial charge in [-0.25, -0.2) is 9.78 Å². The number of methoxy groups -OCH3 is 1. The lowest BCUT2D eigenvalue weighted by atomic mass is 10.2. The van der Waals surface area contributed by atoms with E-state index < -0.39 is 6.09 Å². The molecular weight excluding hydrogens is 268 g/mol. The molecule has 0 spiro atoms. The Morgan fingerprint density at radius 2 is 2.38 bits per heavy atom. The Kier molecular flexibility index (Phi) is 4.06. The minimum absolute atomic E-state index is 0.407. The average molecular weight is 288 g/mol. The fourth-order valence-corrected chi connectivity index (χ4v) is 2.40. The Morgan fingerprint density at radius 3 is 3.14 bits per heavy atom. The molecule has 0 unspecified atom stereocenters. The first kappa shape index (κ1) is 13.9. The molecule has 6 heteroatoms. The van der Waals surface area contributed by atoms with Crippen LogP contribution in [0.15, 0.2) is 24.5 Å². The number of carbonyl (C=O) groups is 1. The zero-order valence-corrected chi connectivity index (χ0v) is 12.1. The number of pyridine rings is 1. The third-order valence-corrected chi connectivity index (χ3v) is 3.68. The molecule has 0 atom stereocenters. The van der Waals surface area contributed by atoms with Crippen LogP contribution in [-0.2, 0) is 17.8 Å². The van der Waals surface area contributed by atoms with Crippen LogP contribution in [0.2, 0.25) is 0 Å². The Hall–Kier alpha value is -2.08. The number of rotatable bonds is 6. The normalized spacial score (nSPS) is 14.3. The van der Waals surface area contributed by atoms with Crippen LogP contribution in [-0.4, -0.2) is 35.3 Å². The highest BCUT2D eigenvalue weighted by Gasteiger charge is 2.21. The van der Waals surface area contributed by atoms with Crippen molar-refractivity contribution >= 4 is 17.1 Å². The maximum Gasteiger partial charge on any atom is 0.406 e. The number of alkyl carbamates (subject to hydrolysis) is 1. The van der Waals surface area contributed by atoms with Crippen molar-refractivity contribution < 1.29 is 9.53 Å². The van der Waals surface area contributed by atoms with E-state index in [9.17, 15) is 4.79 Å². The average Bonchev–Trinajstić information content (AvgIpc) is 3.28. The van der Waals surface area contributed by atoms with E-state index in [4.69, 9.17) is 0 Å². The van der Waals surface area contributed by atoms with E-state index in [2.05, 4.69) is 37.2 Å². The van der Waals surface area contributed by atoms with Crippen LogP contribution >= 0.6 is 0 Å². The Bertz CT molecular complexity index is 634. The van der Waals surface area contributed by atoms with Gasteiger partial charge in [-0.1, -0.05) is 0 Å². The van der Waals surface area contributed by atoms with Gasteiger partial charge in [0.1, 0.15) is 5.65 Å². The molecular formula is C15H20N4O2. The topological polar surface area (TPSA) is 68.2 Å². The van der Waals surface area contributed by atoms with Gasteiger partial charge in [0.05, 0.1) is 7.11 Å². The monoisotopic (exact) mass is 288 g/mol. The second kappa shape index (κ2) is 6.13. The number of hydrogen-bond donors (Lipinski definition) is 2. The number of amides is 1. The number of hydrogen-bond acceptors (Lipinski definition) is 4. The molecule has 0 bridgehead atoms. The lowest BCUT2D eigenvalue weighted by molar-refractivity contribution is 0.170. The highest BCUT2D eigenvalue weighted by molar-refractivity contribution is 5.80. The predicted molar refractivity (Wildman–Crippen MR) is 80.0 cm³/mol. The fourth-order valence-electron chi connectivity index (χ4n) is 2.40. The SMILES string of the molecule is COC(=O)NCCn1cc(CNC2CC2)c2cccnc21. The van der Waals surface area contributed by atoms with Crippen molar-refractivity contribution in [3.8, 4) is 0 Å². The molecule has 2 N–H and O–H groups in total. The number of nitrogens with zero attached hydrogens (tertiary/aromatic N) is 2. The maximum absolute atomic E-state index is 11.1. The van der Waals surface area contributed by atoms with Gasteiger partial charge < -0.3 is 19.9 Å². The number of nitrogens with one attached hydrogen (secondary N) is 2. The van der Waals surface area contributed by atoms with E-state index in [0.29, 0.717) is 19.1 Å². The van der Waals surface area contributed by atoms with Gasteiger partial charge in [-0.2, -0.15) is 0 Å². The fraction of sp³-hybridized carbons (Fsp3) is 0.467. The van der Waals surface area contributed by atoms with Gasteiger partial charge in [-0.05, 0) is 30.5 Å². The molecule has 1 fully saturated rings. The van der Waals surface area contributed by atoms with Crippen molar-refractivity contribution in [3.05, 3.63) is 30.1 Å². The summed E-state index contributed by atoms with van der Waals surface area (Å²) in [6.07, 6.45) is 6.06.